The van der Waals surface area contributed by atoms with Crippen LogP contribution < -0.4 is 21.5 Å². The van der Waals surface area contributed by atoms with Crippen LogP contribution in [0.4, 0.5) is 0 Å². The Morgan fingerprint density at radius 1 is 0.738 bits per heavy atom. The van der Waals surface area contributed by atoms with Gasteiger partial charge in [-0.2, -0.15) is 0 Å². The van der Waals surface area contributed by atoms with E-state index in [9.17, 15) is 39.3 Å². The number of carboxylic acid groups (broad SMARTS) is 1. The van der Waals surface area contributed by atoms with Gasteiger partial charge in [0.05, 0.1) is 16.8 Å². The Bertz CT molecular complexity index is 1380. The number of nitrogens with zero attached hydrogens (tertiary/aromatic N) is 2. The van der Waals surface area contributed by atoms with Crippen molar-refractivity contribution in [2.75, 3.05) is 13.1 Å². The van der Waals surface area contributed by atoms with E-state index in [0.717, 1.165) is 0 Å². The molecule has 2 aromatic rings. The average molecular weight is 587 g/mol. The molecule has 0 aliphatic heterocycles. The molecule has 0 saturated heterocycles. The quantitative estimate of drug-likeness (QED) is 0.248. The summed E-state index contributed by atoms with van der Waals surface area (Å²) in [5.41, 5.74) is -3.59. The number of amides is 2. The summed E-state index contributed by atoms with van der Waals surface area (Å²) in [6.07, 6.45) is 4.49. The summed E-state index contributed by atoms with van der Waals surface area (Å²) in [6, 6.07) is 2.55. The normalized spacial score (nSPS) is 23.7. The minimum absolute atomic E-state index is 0.0752. The summed E-state index contributed by atoms with van der Waals surface area (Å²) >= 11 is 0. The molecule has 3 rings (SSSR count). The molecule has 5 N–H and O–H groups in total. The van der Waals surface area contributed by atoms with Crippen molar-refractivity contribution in [1.82, 2.24) is 19.8 Å². The van der Waals surface area contributed by atoms with Gasteiger partial charge in [-0.3, -0.25) is 24.0 Å². The van der Waals surface area contributed by atoms with Crippen LogP contribution in [0.2, 0.25) is 0 Å². The molecule has 1 aliphatic rings. The van der Waals surface area contributed by atoms with Crippen LogP contribution in [-0.2, 0) is 27.5 Å². The first kappa shape index (κ1) is 32.4. The predicted molar refractivity (Wildman–Crippen MR) is 155 cm³/mol. The second-order valence-electron chi connectivity index (χ2n) is 12.4. The van der Waals surface area contributed by atoms with Crippen molar-refractivity contribution in [3.8, 4) is 11.5 Å². The maximum Gasteiger partial charge on any atom is 0.309 e. The highest BCUT2D eigenvalue weighted by Crippen LogP contribution is 2.54. The molecule has 1 unspecified atom stereocenters. The number of aromatic hydroxyl groups is 2. The molecule has 230 valence electrons. The van der Waals surface area contributed by atoms with E-state index in [4.69, 9.17) is 0 Å². The molecule has 12 nitrogen and oxygen atoms in total. The number of hydrogen-bond donors (Lipinski definition) is 5. The second kappa shape index (κ2) is 12.4. The molecule has 0 bridgehead atoms. The van der Waals surface area contributed by atoms with Crippen LogP contribution >= 0.6 is 0 Å². The van der Waals surface area contributed by atoms with Gasteiger partial charge in [0.25, 0.3) is 0 Å². The molecule has 0 aromatic carbocycles. The molecule has 2 amide bonds. The van der Waals surface area contributed by atoms with E-state index in [2.05, 4.69) is 10.6 Å². The van der Waals surface area contributed by atoms with E-state index in [0.29, 0.717) is 37.3 Å². The molecular weight excluding hydrogens is 544 g/mol. The number of carbonyl (C=O) groups is 3. The van der Waals surface area contributed by atoms with Crippen molar-refractivity contribution in [1.29, 1.82) is 0 Å². The van der Waals surface area contributed by atoms with Gasteiger partial charge in [0.1, 0.15) is 0 Å². The zero-order valence-electron chi connectivity index (χ0n) is 25.0. The fraction of sp³-hybridized carbons (Fsp3) is 0.567. The number of nitrogens with one attached hydrogen (secondary N) is 2. The van der Waals surface area contributed by atoms with Gasteiger partial charge in [0.2, 0.25) is 22.7 Å². The molecule has 2 heterocycles. The third-order valence-electron chi connectivity index (χ3n) is 8.50. The fourth-order valence-corrected chi connectivity index (χ4v) is 6.38. The summed E-state index contributed by atoms with van der Waals surface area (Å²) in [7, 11) is 0. The molecule has 42 heavy (non-hydrogen) atoms. The van der Waals surface area contributed by atoms with Crippen molar-refractivity contribution < 1.29 is 29.7 Å². The number of pyridine rings is 2. The lowest BCUT2D eigenvalue weighted by molar-refractivity contribution is -0.163. The maximum atomic E-state index is 13.4. The topological polar surface area (TPSA) is 180 Å². The summed E-state index contributed by atoms with van der Waals surface area (Å²) in [4.78, 5) is 62.4. The molecule has 1 aliphatic carbocycles. The minimum atomic E-state index is -1.30. The lowest BCUT2D eigenvalue weighted by Gasteiger charge is -2.49. The van der Waals surface area contributed by atoms with Crippen LogP contribution in [0.3, 0.4) is 0 Å². The Morgan fingerprint density at radius 3 is 1.45 bits per heavy atom. The Morgan fingerprint density at radius 2 is 1.10 bits per heavy atom. The third kappa shape index (κ3) is 6.85. The van der Waals surface area contributed by atoms with Gasteiger partial charge in [-0.25, -0.2) is 0 Å². The zero-order chi connectivity index (χ0) is 31.5. The summed E-state index contributed by atoms with van der Waals surface area (Å²) in [6.45, 7) is 9.70. The van der Waals surface area contributed by atoms with Gasteiger partial charge < -0.3 is 35.1 Å². The highest BCUT2D eigenvalue weighted by Gasteiger charge is 2.57. The molecule has 1 fully saturated rings. The first-order valence-corrected chi connectivity index (χ1v) is 14.1. The van der Waals surface area contributed by atoms with Crippen molar-refractivity contribution in [3.05, 3.63) is 56.4 Å². The van der Waals surface area contributed by atoms with E-state index >= 15 is 0 Å². The number of aryl methyl sites for hydroxylation is 2. The van der Waals surface area contributed by atoms with Crippen molar-refractivity contribution in [2.24, 2.45) is 16.2 Å². The predicted octanol–water partition coefficient (Wildman–Crippen LogP) is 2.04. The number of carbonyl (C=O) groups excluding carboxylic acids is 2. The third-order valence-corrected chi connectivity index (χ3v) is 8.50. The highest BCUT2D eigenvalue weighted by atomic mass is 16.4. The average Bonchev–Trinajstić information content (AvgIpc) is 2.92. The zero-order valence-corrected chi connectivity index (χ0v) is 25.0. The van der Waals surface area contributed by atoms with Gasteiger partial charge >= 0.3 is 5.97 Å². The fourth-order valence-electron chi connectivity index (χ4n) is 6.38. The standard InChI is InChI=1S/C30H42N4O8/c1-19-23(37)21(35)8-14-33(19)12-6-10-31-25(39)28(3)16-29(4,18-30(5,17-28)27(41)42)26(40)32-11-7-13-34-15-9-22(36)24(38)20(34)2/h8-9,14-15,37-38H,6-7,10-13,16-18H2,1-5H3,(H,31,39)(H,32,40)(H,41,42)/t28-,29+,30?. The van der Waals surface area contributed by atoms with E-state index < -0.39 is 33.1 Å². The number of rotatable bonds is 11. The SMILES string of the molecule is Cc1c(O)c(=O)ccn1CCCNC(=O)[C@@]1(C)CC(C)(C(=O)O)C[C@@](C)(C(=O)NCCCn2ccc(=O)c(O)c2C)C1. The van der Waals surface area contributed by atoms with Crippen LogP contribution in [0, 0.1) is 30.1 Å². The second-order valence-corrected chi connectivity index (χ2v) is 12.4. The van der Waals surface area contributed by atoms with Crippen molar-refractivity contribution >= 4 is 17.8 Å². The Labute approximate surface area is 244 Å². The van der Waals surface area contributed by atoms with Gasteiger partial charge in [0, 0.05) is 61.5 Å². The van der Waals surface area contributed by atoms with Gasteiger partial charge in [-0.1, -0.05) is 13.8 Å². The number of carboxylic acids is 1. The molecule has 12 heteroatoms. The Kier molecular flexibility index (Phi) is 9.59. The first-order valence-electron chi connectivity index (χ1n) is 14.1. The van der Waals surface area contributed by atoms with Gasteiger partial charge in [-0.05, 0) is 52.9 Å². The van der Waals surface area contributed by atoms with E-state index in [1.165, 1.54) is 12.1 Å². The van der Waals surface area contributed by atoms with E-state index in [1.807, 2.05) is 0 Å². The summed E-state index contributed by atoms with van der Waals surface area (Å²) in [5.74, 6) is -2.36. The largest absolute Gasteiger partial charge is 0.503 e. The summed E-state index contributed by atoms with van der Waals surface area (Å²) in [5, 5.41) is 35.6. The lowest BCUT2D eigenvalue weighted by Crippen LogP contribution is -2.56. The molecule has 3 atom stereocenters. The van der Waals surface area contributed by atoms with Crippen LogP contribution in [0.1, 0.15) is 64.3 Å². The van der Waals surface area contributed by atoms with Crippen LogP contribution in [-0.4, -0.2) is 55.3 Å². The van der Waals surface area contributed by atoms with E-state index in [1.54, 1.807) is 56.1 Å². The molecule has 0 radical (unpaired) electrons. The molecule has 0 spiro atoms. The van der Waals surface area contributed by atoms with Crippen molar-refractivity contribution in [2.45, 2.75) is 79.8 Å². The van der Waals surface area contributed by atoms with Gasteiger partial charge in [0.15, 0.2) is 11.5 Å². The first-order chi connectivity index (χ1) is 19.5. The monoisotopic (exact) mass is 586 g/mol. The van der Waals surface area contributed by atoms with Crippen molar-refractivity contribution in [3.63, 3.8) is 0 Å². The van der Waals surface area contributed by atoms with Crippen LogP contribution in [0.5, 0.6) is 11.5 Å². The summed E-state index contributed by atoms with van der Waals surface area (Å²) < 4.78 is 3.44. The minimum Gasteiger partial charge on any atom is -0.503 e. The Balaban J connectivity index is 1.64. The molecule has 2 aromatic heterocycles. The highest BCUT2D eigenvalue weighted by molar-refractivity contribution is 5.89. The Hall–Kier alpha value is -4.09. The van der Waals surface area contributed by atoms with Crippen LogP contribution in [0.25, 0.3) is 0 Å². The number of hydrogen-bond acceptors (Lipinski definition) is 7. The maximum absolute atomic E-state index is 13.4. The smallest absolute Gasteiger partial charge is 0.309 e. The van der Waals surface area contributed by atoms with E-state index in [-0.39, 0.29) is 55.7 Å². The van der Waals surface area contributed by atoms with Crippen LogP contribution in [0.15, 0.2) is 34.1 Å². The number of aliphatic carboxylic acids is 1. The van der Waals surface area contributed by atoms with Gasteiger partial charge in [-0.15, -0.1) is 0 Å². The molecular formula is C30H42N4O8. The lowest BCUT2D eigenvalue weighted by atomic mass is 9.54. The number of aromatic nitrogens is 2. The molecule has 1 saturated carbocycles.